The van der Waals surface area contributed by atoms with Gasteiger partial charge < -0.3 is 15.9 Å². The standard InChI is InChI=1S/C23H19N7O/c24-17-6-3-13-12-14(4-5-15(13)17)30-21(16-2-1-9-26-20(16)25)28-18-7-8-19(29-22(18)30)23-27-10-11-31-23/h1-2,4-5,7-12,17H,3,6,24H2,(H2,25,26). The maximum Gasteiger partial charge on any atom is 0.245 e. The van der Waals surface area contributed by atoms with Crippen LogP contribution in [0.1, 0.15) is 23.6 Å². The van der Waals surface area contributed by atoms with E-state index >= 15 is 0 Å². The van der Waals surface area contributed by atoms with Crippen LogP contribution in [0.2, 0.25) is 0 Å². The number of fused-ring (bicyclic) bond motifs is 2. The van der Waals surface area contributed by atoms with Crippen LogP contribution in [0.4, 0.5) is 5.82 Å². The van der Waals surface area contributed by atoms with Crippen molar-refractivity contribution in [2.75, 3.05) is 5.73 Å². The Morgan fingerprint density at radius 1 is 1.03 bits per heavy atom. The van der Waals surface area contributed by atoms with Crippen LogP contribution in [-0.2, 0) is 6.42 Å². The number of imidazole rings is 1. The fourth-order valence-corrected chi connectivity index (χ4v) is 4.23. The minimum atomic E-state index is 0.0896. The second-order valence-electron chi connectivity index (χ2n) is 7.61. The van der Waals surface area contributed by atoms with Crippen molar-refractivity contribution in [3.05, 3.63) is 72.2 Å². The molecule has 5 aromatic rings. The minimum Gasteiger partial charge on any atom is -0.443 e. The van der Waals surface area contributed by atoms with Crippen LogP contribution < -0.4 is 11.5 Å². The molecule has 8 nitrogen and oxygen atoms in total. The summed E-state index contributed by atoms with van der Waals surface area (Å²) in [5.74, 6) is 1.55. The van der Waals surface area contributed by atoms with Crippen molar-refractivity contribution >= 4 is 17.0 Å². The van der Waals surface area contributed by atoms with Gasteiger partial charge in [-0.15, -0.1) is 0 Å². The molecule has 31 heavy (non-hydrogen) atoms. The highest BCUT2D eigenvalue weighted by atomic mass is 16.3. The molecular weight excluding hydrogens is 390 g/mol. The molecule has 0 aliphatic heterocycles. The van der Waals surface area contributed by atoms with Gasteiger partial charge in [0.1, 0.15) is 23.3 Å². The Hall–Kier alpha value is -4.04. The Balaban J connectivity index is 1.64. The van der Waals surface area contributed by atoms with Gasteiger partial charge in [0.15, 0.2) is 11.5 Å². The summed E-state index contributed by atoms with van der Waals surface area (Å²) in [6, 6.07) is 13.9. The molecule has 0 bridgehead atoms. The number of rotatable bonds is 3. The van der Waals surface area contributed by atoms with Gasteiger partial charge in [0.2, 0.25) is 5.89 Å². The monoisotopic (exact) mass is 409 g/mol. The minimum absolute atomic E-state index is 0.0896. The highest BCUT2D eigenvalue weighted by Crippen LogP contribution is 2.35. The molecule has 0 spiro atoms. The van der Waals surface area contributed by atoms with Crippen molar-refractivity contribution in [3.63, 3.8) is 0 Å². The maximum atomic E-state index is 6.25. The van der Waals surface area contributed by atoms with E-state index in [9.17, 15) is 0 Å². The van der Waals surface area contributed by atoms with E-state index < -0.39 is 0 Å². The molecule has 6 rings (SSSR count). The summed E-state index contributed by atoms with van der Waals surface area (Å²) in [5, 5.41) is 0. The Morgan fingerprint density at radius 2 is 1.97 bits per heavy atom. The van der Waals surface area contributed by atoms with Crippen molar-refractivity contribution in [2.24, 2.45) is 5.73 Å². The van der Waals surface area contributed by atoms with Crippen molar-refractivity contribution < 1.29 is 4.42 Å². The largest absolute Gasteiger partial charge is 0.443 e. The molecule has 1 aromatic carbocycles. The van der Waals surface area contributed by atoms with Crippen LogP contribution in [0.25, 0.3) is 39.8 Å². The van der Waals surface area contributed by atoms with Gasteiger partial charge in [0, 0.05) is 17.9 Å². The fraction of sp³-hybridized carbons (Fsp3) is 0.130. The summed E-state index contributed by atoms with van der Waals surface area (Å²) >= 11 is 0. The number of nitrogen functional groups attached to an aromatic ring is 1. The Kier molecular flexibility index (Phi) is 3.87. The number of oxazole rings is 1. The zero-order valence-corrected chi connectivity index (χ0v) is 16.6. The van der Waals surface area contributed by atoms with Gasteiger partial charge >= 0.3 is 0 Å². The number of aromatic nitrogens is 5. The Morgan fingerprint density at radius 3 is 2.81 bits per heavy atom. The smallest absolute Gasteiger partial charge is 0.245 e. The fourth-order valence-electron chi connectivity index (χ4n) is 4.23. The molecule has 4 aromatic heterocycles. The van der Waals surface area contributed by atoms with E-state index in [0.29, 0.717) is 28.9 Å². The lowest BCUT2D eigenvalue weighted by atomic mass is 10.1. The third kappa shape index (κ3) is 2.80. The Bertz CT molecular complexity index is 1420. The first-order chi connectivity index (χ1) is 15.2. The molecule has 1 aliphatic rings. The van der Waals surface area contributed by atoms with E-state index in [4.69, 9.17) is 25.9 Å². The predicted molar refractivity (Wildman–Crippen MR) is 117 cm³/mol. The lowest BCUT2D eigenvalue weighted by Crippen LogP contribution is -2.06. The number of nitrogens with two attached hydrogens (primary N) is 2. The van der Waals surface area contributed by atoms with Gasteiger partial charge in [-0.3, -0.25) is 4.57 Å². The van der Waals surface area contributed by atoms with Crippen LogP contribution in [-0.4, -0.2) is 24.5 Å². The first-order valence-electron chi connectivity index (χ1n) is 10.1. The Labute approximate surface area is 177 Å². The van der Waals surface area contributed by atoms with E-state index in [2.05, 4.69) is 28.2 Å². The van der Waals surface area contributed by atoms with E-state index in [1.165, 1.54) is 17.4 Å². The summed E-state index contributed by atoms with van der Waals surface area (Å²) in [4.78, 5) is 18.2. The van der Waals surface area contributed by atoms with Gasteiger partial charge in [-0.05, 0) is 60.4 Å². The SMILES string of the molecule is Nc1ncccc1-c1nc2ccc(-c3ncco3)nc2n1-c1ccc2c(c1)CCC2N. The molecule has 0 radical (unpaired) electrons. The molecule has 4 heterocycles. The molecule has 1 atom stereocenters. The van der Waals surface area contributed by atoms with Gasteiger partial charge in [-0.2, -0.15) is 0 Å². The molecular formula is C23H19N7O. The van der Waals surface area contributed by atoms with Gasteiger partial charge in [0.25, 0.3) is 0 Å². The first-order valence-corrected chi connectivity index (χ1v) is 10.1. The van der Waals surface area contributed by atoms with Crippen molar-refractivity contribution in [2.45, 2.75) is 18.9 Å². The summed E-state index contributed by atoms with van der Waals surface area (Å²) in [5.41, 5.74) is 18.7. The number of anilines is 1. The van der Waals surface area contributed by atoms with Crippen LogP contribution in [0.3, 0.4) is 0 Å². The summed E-state index contributed by atoms with van der Waals surface area (Å²) in [6.45, 7) is 0. The van der Waals surface area contributed by atoms with Crippen molar-refractivity contribution in [1.82, 2.24) is 24.5 Å². The van der Waals surface area contributed by atoms with Crippen molar-refractivity contribution in [3.8, 4) is 28.7 Å². The normalized spacial score (nSPS) is 15.5. The van der Waals surface area contributed by atoms with E-state index in [0.717, 1.165) is 29.6 Å². The third-order valence-electron chi connectivity index (χ3n) is 5.74. The molecule has 0 amide bonds. The number of nitrogens with zero attached hydrogens (tertiary/aromatic N) is 5. The second-order valence-corrected chi connectivity index (χ2v) is 7.61. The van der Waals surface area contributed by atoms with E-state index in [1.54, 1.807) is 12.4 Å². The van der Waals surface area contributed by atoms with Gasteiger partial charge in [-0.1, -0.05) is 6.07 Å². The van der Waals surface area contributed by atoms with Crippen LogP contribution in [0, 0.1) is 0 Å². The molecule has 1 unspecified atom stereocenters. The zero-order valence-electron chi connectivity index (χ0n) is 16.6. The molecule has 0 saturated carbocycles. The summed E-state index contributed by atoms with van der Waals surface area (Å²) in [7, 11) is 0. The van der Waals surface area contributed by atoms with Gasteiger partial charge in [-0.25, -0.2) is 19.9 Å². The highest BCUT2D eigenvalue weighted by Gasteiger charge is 2.23. The average Bonchev–Trinajstić information content (AvgIpc) is 3.52. The highest BCUT2D eigenvalue weighted by molar-refractivity contribution is 5.84. The molecule has 1 aliphatic carbocycles. The number of benzene rings is 1. The number of pyridine rings is 2. The molecule has 152 valence electrons. The predicted octanol–water partition coefficient (Wildman–Crippen LogP) is 3.67. The van der Waals surface area contributed by atoms with E-state index in [1.807, 2.05) is 28.8 Å². The molecule has 4 N–H and O–H groups in total. The topological polar surface area (TPSA) is 122 Å². The second kappa shape index (κ2) is 6.75. The summed E-state index contributed by atoms with van der Waals surface area (Å²) < 4.78 is 7.46. The van der Waals surface area contributed by atoms with Crippen LogP contribution in [0.5, 0.6) is 0 Å². The maximum absolute atomic E-state index is 6.25. The number of hydrogen-bond acceptors (Lipinski definition) is 7. The van der Waals surface area contributed by atoms with Crippen LogP contribution in [0.15, 0.2) is 65.5 Å². The average molecular weight is 409 g/mol. The third-order valence-corrected chi connectivity index (χ3v) is 5.74. The first kappa shape index (κ1) is 17.8. The zero-order chi connectivity index (χ0) is 20.9. The van der Waals surface area contributed by atoms with Crippen LogP contribution >= 0.6 is 0 Å². The van der Waals surface area contributed by atoms with E-state index in [-0.39, 0.29) is 6.04 Å². The molecule has 0 saturated heterocycles. The lowest BCUT2D eigenvalue weighted by molar-refractivity contribution is 0.572. The summed E-state index contributed by atoms with van der Waals surface area (Å²) in [6.07, 6.45) is 6.71. The van der Waals surface area contributed by atoms with Gasteiger partial charge in [0.05, 0.1) is 11.8 Å². The lowest BCUT2D eigenvalue weighted by Gasteiger charge is -2.12. The molecule has 8 heteroatoms. The molecule has 0 fully saturated rings. The number of aryl methyl sites for hydroxylation is 1. The number of hydrogen-bond donors (Lipinski definition) is 2. The quantitative estimate of drug-likeness (QED) is 0.466. The van der Waals surface area contributed by atoms with Crippen molar-refractivity contribution in [1.29, 1.82) is 0 Å².